The summed E-state index contributed by atoms with van der Waals surface area (Å²) in [7, 11) is 0. The second-order valence-corrected chi connectivity index (χ2v) is 8.29. The fourth-order valence-electron chi connectivity index (χ4n) is 4.60. The van der Waals surface area contributed by atoms with E-state index in [1.807, 2.05) is 30.5 Å². The topological polar surface area (TPSA) is 30.7 Å². The average Bonchev–Trinajstić information content (AvgIpc) is 3.23. The van der Waals surface area contributed by atoms with Crippen molar-refractivity contribution in [1.29, 1.82) is 0 Å². The van der Waals surface area contributed by atoms with Crippen LogP contribution in [0.3, 0.4) is 0 Å². The van der Waals surface area contributed by atoms with Gasteiger partial charge in [-0.15, -0.1) is 0 Å². The highest BCUT2D eigenvalue weighted by molar-refractivity contribution is 6.83. The lowest BCUT2D eigenvalue weighted by Gasteiger charge is -2.11. The van der Waals surface area contributed by atoms with E-state index in [-0.39, 0.29) is 6.71 Å². The van der Waals surface area contributed by atoms with Crippen LogP contribution in [0.5, 0.6) is 0 Å². The first-order valence-corrected chi connectivity index (χ1v) is 11.2. The largest absolute Gasteiger partial charge is 0.294 e. The molecule has 0 unspecified atom stereocenters. The third kappa shape index (κ3) is 3.40. The SMILES string of the molecule is [2H]c1cccnc1B(C)c1cccc(-c2ccc3c4ccccc4n(-c4ccccn4)c3c2)c1. The molecular formula is C29H22BN3. The van der Waals surface area contributed by atoms with Crippen LogP contribution in [0, 0.1) is 0 Å². The molecule has 33 heavy (non-hydrogen) atoms. The van der Waals surface area contributed by atoms with E-state index in [1.165, 1.54) is 10.8 Å². The lowest BCUT2D eigenvalue weighted by atomic mass is 9.44. The highest BCUT2D eigenvalue weighted by Gasteiger charge is 2.16. The zero-order chi connectivity index (χ0) is 23.1. The quantitative estimate of drug-likeness (QED) is 0.351. The van der Waals surface area contributed by atoms with Gasteiger partial charge in [0.1, 0.15) is 5.82 Å². The van der Waals surface area contributed by atoms with Crippen LogP contribution in [-0.2, 0) is 0 Å². The molecule has 0 aliphatic rings. The number of nitrogens with zero attached hydrogens (tertiary/aromatic N) is 3. The van der Waals surface area contributed by atoms with Crippen molar-refractivity contribution >= 4 is 39.6 Å². The molecule has 4 heteroatoms. The molecule has 3 aromatic carbocycles. The molecule has 3 heterocycles. The minimum absolute atomic E-state index is 0.0392. The van der Waals surface area contributed by atoms with Crippen molar-refractivity contribution in [3.05, 3.63) is 115 Å². The lowest BCUT2D eigenvalue weighted by molar-refractivity contribution is 1.08. The summed E-state index contributed by atoms with van der Waals surface area (Å²) >= 11 is 0. The van der Waals surface area contributed by atoms with Gasteiger partial charge in [-0.2, -0.15) is 0 Å². The van der Waals surface area contributed by atoms with Gasteiger partial charge in [-0.05, 0) is 47.5 Å². The molecule has 0 spiro atoms. The molecule has 0 aliphatic carbocycles. The van der Waals surface area contributed by atoms with Crippen molar-refractivity contribution in [2.45, 2.75) is 6.82 Å². The third-order valence-corrected chi connectivity index (χ3v) is 6.31. The van der Waals surface area contributed by atoms with Gasteiger partial charge in [0.2, 0.25) is 6.71 Å². The Labute approximate surface area is 194 Å². The zero-order valence-electron chi connectivity index (χ0n) is 19.3. The first kappa shape index (κ1) is 18.4. The molecule has 3 aromatic heterocycles. The number of rotatable bonds is 4. The number of para-hydroxylation sites is 1. The van der Waals surface area contributed by atoms with Gasteiger partial charge in [0.05, 0.1) is 12.4 Å². The molecule has 0 atom stereocenters. The number of aromatic nitrogens is 3. The molecule has 156 valence electrons. The van der Waals surface area contributed by atoms with Crippen molar-refractivity contribution in [2.24, 2.45) is 0 Å². The van der Waals surface area contributed by atoms with Crippen LogP contribution in [0.25, 0.3) is 38.8 Å². The predicted octanol–water partition coefficient (Wildman–Crippen LogP) is 5.48. The number of fused-ring (bicyclic) bond motifs is 3. The molecule has 0 aliphatic heterocycles. The summed E-state index contributed by atoms with van der Waals surface area (Å²) in [6.07, 6.45) is 3.60. The summed E-state index contributed by atoms with van der Waals surface area (Å²) < 4.78 is 10.5. The molecule has 0 saturated carbocycles. The van der Waals surface area contributed by atoms with Crippen LogP contribution in [0.1, 0.15) is 1.37 Å². The molecule has 0 fully saturated rings. The van der Waals surface area contributed by atoms with Gasteiger partial charge in [-0.3, -0.25) is 9.55 Å². The Bertz CT molecular complexity index is 1640. The van der Waals surface area contributed by atoms with Crippen LogP contribution in [0.15, 0.2) is 115 Å². The predicted molar refractivity (Wildman–Crippen MR) is 139 cm³/mol. The molecule has 0 radical (unpaired) electrons. The first-order chi connectivity index (χ1) is 16.7. The van der Waals surface area contributed by atoms with Crippen LogP contribution < -0.4 is 11.1 Å². The van der Waals surface area contributed by atoms with Gasteiger partial charge in [0.25, 0.3) is 0 Å². The van der Waals surface area contributed by atoms with Crippen LogP contribution in [0.2, 0.25) is 6.82 Å². The Hall–Kier alpha value is -4.18. The van der Waals surface area contributed by atoms with E-state index in [1.54, 1.807) is 12.3 Å². The zero-order valence-corrected chi connectivity index (χ0v) is 18.3. The Morgan fingerprint density at radius 1 is 0.697 bits per heavy atom. The molecule has 0 saturated heterocycles. The van der Waals surface area contributed by atoms with E-state index in [2.05, 4.69) is 88.1 Å². The highest BCUT2D eigenvalue weighted by Crippen LogP contribution is 2.34. The molecule has 0 bridgehead atoms. The van der Waals surface area contributed by atoms with Gasteiger partial charge in [0.15, 0.2) is 0 Å². The number of pyridine rings is 2. The second kappa shape index (κ2) is 8.07. The maximum Gasteiger partial charge on any atom is 0.230 e. The summed E-state index contributed by atoms with van der Waals surface area (Å²) in [5.41, 5.74) is 6.52. The second-order valence-electron chi connectivity index (χ2n) is 8.29. The molecule has 6 aromatic rings. The molecule has 0 amide bonds. The molecular weight excluding hydrogens is 401 g/mol. The van der Waals surface area contributed by atoms with E-state index < -0.39 is 0 Å². The minimum Gasteiger partial charge on any atom is -0.294 e. The number of hydrogen-bond donors (Lipinski definition) is 0. The van der Waals surface area contributed by atoms with Crippen LogP contribution in [0.4, 0.5) is 0 Å². The number of hydrogen-bond acceptors (Lipinski definition) is 2. The number of benzene rings is 3. The van der Waals surface area contributed by atoms with Crippen molar-refractivity contribution in [1.82, 2.24) is 14.5 Å². The molecule has 6 rings (SSSR count). The van der Waals surface area contributed by atoms with Crippen LogP contribution in [-0.4, -0.2) is 21.2 Å². The van der Waals surface area contributed by atoms with Crippen LogP contribution >= 0.6 is 0 Å². The van der Waals surface area contributed by atoms with Crippen molar-refractivity contribution in [2.75, 3.05) is 0 Å². The lowest BCUT2D eigenvalue weighted by Crippen LogP contribution is -2.40. The van der Waals surface area contributed by atoms with Crippen molar-refractivity contribution in [3.8, 4) is 16.9 Å². The Morgan fingerprint density at radius 3 is 2.36 bits per heavy atom. The fourth-order valence-corrected chi connectivity index (χ4v) is 4.60. The maximum atomic E-state index is 8.25. The smallest absolute Gasteiger partial charge is 0.230 e. The van der Waals surface area contributed by atoms with E-state index in [4.69, 9.17) is 1.37 Å². The fraction of sp³-hybridized carbons (Fsp3) is 0.0345. The van der Waals surface area contributed by atoms with Gasteiger partial charge < -0.3 is 0 Å². The third-order valence-electron chi connectivity index (χ3n) is 6.31. The van der Waals surface area contributed by atoms with E-state index in [0.29, 0.717) is 6.04 Å². The van der Waals surface area contributed by atoms with Crippen molar-refractivity contribution < 1.29 is 1.37 Å². The Kier molecular flexibility index (Phi) is 4.50. The summed E-state index contributed by atoms with van der Waals surface area (Å²) in [5.74, 6) is 0.909. The Balaban J connectivity index is 1.51. The van der Waals surface area contributed by atoms with E-state index in [9.17, 15) is 0 Å². The highest BCUT2D eigenvalue weighted by atomic mass is 15.1. The van der Waals surface area contributed by atoms with Gasteiger partial charge >= 0.3 is 0 Å². The van der Waals surface area contributed by atoms with Gasteiger partial charge in [-0.1, -0.05) is 79.0 Å². The van der Waals surface area contributed by atoms with Gasteiger partial charge in [0, 0.05) is 28.8 Å². The van der Waals surface area contributed by atoms with Crippen molar-refractivity contribution in [3.63, 3.8) is 0 Å². The minimum atomic E-state index is 0.0392. The molecule has 0 N–H and O–H groups in total. The maximum absolute atomic E-state index is 8.25. The first-order valence-electron chi connectivity index (χ1n) is 11.7. The molecule has 3 nitrogen and oxygen atoms in total. The van der Waals surface area contributed by atoms with E-state index in [0.717, 1.165) is 39.0 Å². The Morgan fingerprint density at radius 2 is 1.48 bits per heavy atom. The normalized spacial score (nSPS) is 11.6. The standard InChI is InChI=1S/C29H22BN3/c1-30(28-13-4-6-17-31-28)23-10-8-9-21(19-23)22-15-16-25-24-11-2-3-12-26(24)33(27(25)20-22)29-14-5-7-18-32-29/h2-20H,1H3/i13D. The summed E-state index contributed by atoms with van der Waals surface area (Å²) in [4.78, 5) is 9.11. The monoisotopic (exact) mass is 424 g/mol. The summed E-state index contributed by atoms with van der Waals surface area (Å²) in [5, 5.41) is 2.43. The summed E-state index contributed by atoms with van der Waals surface area (Å²) in [6, 6.07) is 33.8. The van der Waals surface area contributed by atoms with E-state index >= 15 is 0 Å². The summed E-state index contributed by atoms with van der Waals surface area (Å²) in [6.45, 7) is 2.15. The average molecular weight is 424 g/mol. The van der Waals surface area contributed by atoms with Gasteiger partial charge in [-0.25, -0.2) is 4.98 Å².